The van der Waals surface area contributed by atoms with Crippen LogP contribution in [0.3, 0.4) is 0 Å². The first kappa shape index (κ1) is 11.3. The molecule has 0 aromatic heterocycles. The fraction of sp³-hybridized carbons (Fsp3) is 0.429. The third-order valence-electron chi connectivity index (χ3n) is 3.98. The number of rotatable bonds is 0. The zero-order chi connectivity index (χ0) is 12.9. The molecule has 94 valence electrons. The van der Waals surface area contributed by atoms with E-state index in [1.807, 2.05) is 25.1 Å². The Bertz CT molecular complexity index is 526. The van der Waals surface area contributed by atoms with E-state index < -0.39 is 0 Å². The van der Waals surface area contributed by atoms with Crippen molar-refractivity contribution in [2.24, 2.45) is 0 Å². The molecule has 2 amide bonds. The molecule has 1 fully saturated rings. The van der Waals surface area contributed by atoms with Crippen LogP contribution in [0.25, 0.3) is 0 Å². The second kappa shape index (κ2) is 3.83. The Balaban J connectivity index is 2.08. The van der Waals surface area contributed by atoms with Crippen LogP contribution in [0.5, 0.6) is 0 Å². The summed E-state index contributed by atoms with van der Waals surface area (Å²) in [7, 11) is 1.80. The highest BCUT2D eigenvalue weighted by atomic mass is 16.2. The number of carbonyl (C=O) groups is 2. The van der Waals surface area contributed by atoms with Crippen LogP contribution in [0.15, 0.2) is 24.3 Å². The Hall–Kier alpha value is -1.84. The van der Waals surface area contributed by atoms with Crippen molar-refractivity contribution in [3.63, 3.8) is 0 Å². The molecule has 2 aliphatic rings. The van der Waals surface area contributed by atoms with E-state index in [4.69, 9.17) is 0 Å². The van der Waals surface area contributed by atoms with Gasteiger partial charge in [0.05, 0.1) is 12.5 Å². The molecule has 3 rings (SSSR count). The molecule has 4 nitrogen and oxygen atoms in total. The van der Waals surface area contributed by atoms with Crippen LogP contribution < -0.4 is 0 Å². The van der Waals surface area contributed by atoms with Crippen molar-refractivity contribution in [2.45, 2.75) is 25.4 Å². The molecule has 0 N–H and O–H groups in total. The van der Waals surface area contributed by atoms with E-state index in [9.17, 15) is 9.59 Å². The van der Waals surface area contributed by atoms with Crippen molar-refractivity contribution in [3.8, 4) is 0 Å². The predicted octanol–water partition coefficient (Wildman–Crippen LogP) is 0.973. The van der Waals surface area contributed by atoms with Gasteiger partial charge in [-0.3, -0.25) is 9.59 Å². The molecule has 1 saturated heterocycles. The molecule has 2 atom stereocenters. The molecule has 0 spiro atoms. The zero-order valence-electron chi connectivity index (χ0n) is 10.6. The minimum Gasteiger partial charge on any atom is -0.342 e. The van der Waals surface area contributed by atoms with Gasteiger partial charge < -0.3 is 9.80 Å². The monoisotopic (exact) mass is 244 g/mol. The molecule has 2 aliphatic heterocycles. The second-order valence-electron chi connectivity index (χ2n) is 5.09. The summed E-state index contributed by atoms with van der Waals surface area (Å²) >= 11 is 0. The Kier molecular flexibility index (Phi) is 2.40. The molecule has 18 heavy (non-hydrogen) atoms. The summed E-state index contributed by atoms with van der Waals surface area (Å²) < 4.78 is 0. The molecule has 1 unspecified atom stereocenters. The van der Waals surface area contributed by atoms with E-state index in [2.05, 4.69) is 6.07 Å². The third-order valence-corrected chi connectivity index (χ3v) is 3.98. The maximum atomic E-state index is 12.2. The van der Waals surface area contributed by atoms with E-state index in [1.165, 1.54) is 5.56 Å². The second-order valence-corrected chi connectivity index (χ2v) is 5.09. The summed E-state index contributed by atoms with van der Waals surface area (Å²) in [6.45, 7) is 2.41. The van der Waals surface area contributed by atoms with E-state index in [1.54, 1.807) is 16.8 Å². The van der Waals surface area contributed by atoms with Crippen LogP contribution in [-0.2, 0) is 16.0 Å². The summed E-state index contributed by atoms with van der Waals surface area (Å²) in [6, 6.07) is 7.69. The Morgan fingerprint density at radius 1 is 1.22 bits per heavy atom. The lowest BCUT2D eigenvalue weighted by Crippen LogP contribution is -2.59. The van der Waals surface area contributed by atoms with Gasteiger partial charge in [0, 0.05) is 13.6 Å². The van der Waals surface area contributed by atoms with Gasteiger partial charge in [-0.2, -0.15) is 0 Å². The Labute approximate surface area is 106 Å². The summed E-state index contributed by atoms with van der Waals surface area (Å²) in [5.41, 5.74) is 2.28. The van der Waals surface area contributed by atoms with Crippen LogP contribution in [0, 0.1) is 0 Å². The number of hydrogen-bond donors (Lipinski definition) is 0. The maximum Gasteiger partial charge on any atom is 0.244 e. The average molecular weight is 244 g/mol. The molecule has 1 aromatic rings. The lowest BCUT2D eigenvalue weighted by atomic mass is 9.89. The minimum absolute atomic E-state index is 0.0140. The number of nitrogens with zero attached hydrogens (tertiary/aromatic N) is 2. The van der Waals surface area contributed by atoms with Crippen molar-refractivity contribution in [2.75, 3.05) is 13.6 Å². The molecular formula is C14H16N2O2. The van der Waals surface area contributed by atoms with Crippen LogP contribution in [-0.4, -0.2) is 41.2 Å². The van der Waals surface area contributed by atoms with E-state index in [0.717, 1.165) is 5.56 Å². The summed E-state index contributed by atoms with van der Waals surface area (Å²) in [5, 5.41) is 0. The van der Waals surface area contributed by atoms with Gasteiger partial charge in [-0.25, -0.2) is 0 Å². The number of likely N-dealkylation sites (N-methyl/N-ethyl adjacent to an activating group) is 1. The summed E-state index contributed by atoms with van der Waals surface area (Å²) in [4.78, 5) is 27.7. The highest BCUT2D eigenvalue weighted by molar-refractivity contribution is 5.91. The highest BCUT2D eigenvalue weighted by Crippen LogP contribution is 2.35. The van der Waals surface area contributed by atoms with E-state index in [0.29, 0.717) is 13.0 Å². The lowest BCUT2D eigenvalue weighted by molar-refractivity contribution is -0.154. The smallest absolute Gasteiger partial charge is 0.244 e. The largest absolute Gasteiger partial charge is 0.342 e. The average Bonchev–Trinajstić information content (AvgIpc) is 2.35. The summed E-state index contributed by atoms with van der Waals surface area (Å²) in [5.74, 6) is 0.0895. The molecule has 2 heterocycles. The maximum absolute atomic E-state index is 12.2. The first-order chi connectivity index (χ1) is 8.59. The molecule has 0 saturated carbocycles. The van der Waals surface area contributed by atoms with E-state index in [-0.39, 0.29) is 23.9 Å². The van der Waals surface area contributed by atoms with Crippen molar-refractivity contribution in [1.29, 1.82) is 0 Å². The third kappa shape index (κ3) is 1.45. The minimum atomic E-state index is -0.352. The predicted molar refractivity (Wildman–Crippen MR) is 66.8 cm³/mol. The normalized spacial score (nSPS) is 27.0. The molecule has 1 aromatic carbocycles. The van der Waals surface area contributed by atoms with Crippen LogP contribution in [0.2, 0.25) is 0 Å². The molecular weight excluding hydrogens is 228 g/mol. The van der Waals surface area contributed by atoms with Crippen molar-refractivity contribution in [3.05, 3.63) is 35.4 Å². The van der Waals surface area contributed by atoms with Gasteiger partial charge in [0.1, 0.15) is 6.04 Å². The van der Waals surface area contributed by atoms with Crippen LogP contribution in [0.1, 0.15) is 24.1 Å². The standard InChI is InChI=1S/C14H16N2O2/c1-9-14(18)15(2)8-12-11-6-4-3-5-10(11)7-13(17)16(9)12/h3-6,9,12H,7-8H2,1-2H3/t9-,12?/m0/s1. The van der Waals surface area contributed by atoms with Crippen molar-refractivity contribution < 1.29 is 9.59 Å². The van der Waals surface area contributed by atoms with Crippen molar-refractivity contribution >= 4 is 11.8 Å². The van der Waals surface area contributed by atoms with Gasteiger partial charge in [-0.05, 0) is 18.1 Å². The van der Waals surface area contributed by atoms with Gasteiger partial charge in [0.15, 0.2) is 0 Å². The molecule has 4 heteroatoms. The highest BCUT2D eigenvalue weighted by Gasteiger charge is 2.43. The van der Waals surface area contributed by atoms with E-state index >= 15 is 0 Å². The number of benzene rings is 1. The Morgan fingerprint density at radius 3 is 2.72 bits per heavy atom. The summed E-state index contributed by atoms with van der Waals surface area (Å²) in [6.07, 6.45) is 0.411. The number of hydrogen-bond acceptors (Lipinski definition) is 2. The van der Waals surface area contributed by atoms with Crippen LogP contribution in [0.4, 0.5) is 0 Å². The topological polar surface area (TPSA) is 40.6 Å². The first-order valence-electron chi connectivity index (χ1n) is 6.23. The number of carbonyl (C=O) groups excluding carboxylic acids is 2. The number of amides is 2. The van der Waals surface area contributed by atoms with Gasteiger partial charge in [0.2, 0.25) is 11.8 Å². The van der Waals surface area contributed by atoms with Gasteiger partial charge in [0.25, 0.3) is 0 Å². The number of piperazine rings is 1. The van der Waals surface area contributed by atoms with Gasteiger partial charge >= 0.3 is 0 Å². The van der Waals surface area contributed by atoms with Gasteiger partial charge in [-0.15, -0.1) is 0 Å². The lowest BCUT2D eigenvalue weighted by Gasteiger charge is -2.46. The number of fused-ring (bicyclic) bond motifs is 3. The van der Waals surface area contributed by atoms with Crippen LogP contribution >= 0.6 is 0 Å². The Morgan fingerprint density at radius 2 is 1.94 bits per heavy atom. The van der Waals surface area contributed by atoms with Crippen molar-refractivity contribution in [1.82, 2.24) is 9.80 Å². The fourth-order valence-corrected chi connectivity index (χ4v) is 3.06. The fourth-order valence-electron chi connectivity index (χ4n) is 3.06. The molecule has 0 bridgehead atoms. The SMILES string of the molecule is C[C@H]1C(=O)N(C)CC2c3ccccc3CC(=O)N21. The first-order valence-corrected chi connectivity index (χ1v) is 6.23. The van der Waals surface area contributed by atoms with Gasteiger partial charge in [-0.1, -0.05) is 24.3 Å². The quantitative estimate of drug-likeness (QED) is 0.682. The zero-order valence-corrected chi connectivity index (χ0v) is 10.6. The molecule has 0 aliphatic carbocycles. The molecule has 0 radical (unpaired) electrons.